The fourth-order valence-corrected chi connectivity index (χ4v) is 4.87. The SMILES string of the molecule is CCCCCCCCCCCCCCCCCCCCCCCC1N=CCN1C(C)O. The number of aliphatic hydroxyl groups excluding tert-OH is 1. The Labute approximate surface area is 195 Å². The number of hydrogen-bond donors (Lipinski definition) is 1. The maximum Gasteiger partial charge on any atom is 0.106 e. The molecule has 0 aromatic heterocycles. The minimum absolute atomic E-state index is 0.223. The van der Waals surface area contributed by atoms with Crippen LogP contribution in [0.2, 0.25) is 0 Å². The molecule has 1 rings (SSSR count). The number of aliphatic hydroxyl groups is 1. The van der Waals surface area contributed by atoms with Gasteiger partial charge in [-0.3, -0.25) is 9.89 Å². The summed E-state index contributed by atoms with van der Waals surface area (Å²) in [6.07, 6.45) is 32.9. The molecule has 3 heteroatoms. The molecule has 0 amide bonds. The molecule has 1 heterocycles. The summed E-state index contributed by atoms with van der Waals surface area (Å²) >= 11 is 0. The molecule has 1 N–H and O–H groups in total. The molecule has 0 spiro atoms. The van der Waals surface area contributed by atoms with Crippen LogP contribution in [0.1, 0.15) is 155 Å². The van der Waals surface area contributed by atoms with Crippen LogP contribution >= 0.6 is 0 Å². The summed E-state index contributed by atoms with van der Waals surface area (Å²) in [5, 5.41) is 9.74. The van der Waals surface area contributed by atoms with Crippen molar-refractivity contribution in [2.24, 2.45) is 4.99 Å². The zero-order chi connectivity index (χ0) is 22.4. The van der Waals surface area contributed by atoms with E-state index in [0.29, 0.717) is 0 Å². The quantitative estimate of drug-likeness (QED) is 0.163. The maximum atomic E-state index is 9.74. The van der Waals surface area contributed by atoms with Gasteiger partial charge >= 0.3 is 0 Å². The third kappa shape index (κ3) is 16.8. The van der Waals surface area contributed by atoms with Crippen LogP contribution in [0.3, 0.4) is 0 Å². The van der Waals surface area contributed by atoms with E-state index in [1.807, 2.05) is 13.1 Å². The van der Waals surface area contributed by atoms with Gasteiger partial charge in [0.1, 0.15) is 12.4 Å². The first-order valence-corrected chi connectivity index (χ1v) is 14.2. The Morgan fingerprint density at radius 1 is 0.677 bits per heavy atom. The molecule has 0 bridgehead atoms. The molecule has 0 saturated carbocycles. The Balaban J connectivity index is 1.70. The van der Waals surface area contributed by atoms with E-state index in [-0.39, 0.29) is 12.4 Å². The van der Waals surface area contributed by atoms with Crippen molar-refractivity contribution in [3.05, 3.63) is 0 Å². The zero-order valence-corrected chi connectivity index (χ0v) is 21.3. The second kappa shape index (κ2) is 21.4. The lowest BCUT2D eigenvalue weighted by molar-refractivity contribution is 0.00709. The van der Waals surface area contributed by atoms with Gasteiger partial charge in [0, 0.05) is 12.8 Å². The van der Waals surface area contributed by atoms with Gasteiger partial charge in [-0.25, -0.2) is 0 Å². The molecule has 184 valence electrons. The van der Waals surface area contributed by atoms with Crippen molar-refractivity contribution in [2.75, 3.05) is 6.54 Å². The Kier molecular flexibility index (Phi) is 19.8. The molecule has 0 radical (unpaired) electrons. The van der Waals surface area contributed by atoms with Crippen molar-refractivity contribution < 1.29 is 5.11 Å². The van der Waals surface area contributed by atoms with Gasteiger partial charge in [-0.05, 0) is 19.8 Å². The molecule has 0 saturated heterocycles. The standard InChI is InChI=1S/C28H56N2O/c1-3-4-5-6-7-8-9-10-11-12-13-14-15-16-17-18-19-20-21-22-23-24-28-29-25-26-30(28)27(2)31/h25,27-28,31H,3-24,26H2,1-2H3. The molecule has 2 unspecified atom stereocenters. The van der Waals surface area contributed by atoms with Gasteiger partial charge in [0.15, 0.2) is 0 Å². The number of nitrogens with zero attached hydrogens (tertiary/aromatic N) is 2. The number of aliphatic imine (C=N–C) groups is 1. The average molecular weight is 437 g/mol. The normalized spacial score (nSPS) is 17.6. The smallest absolute Gasteiger partial charge is 0.106 e. The highest BCUT2D eigenvalue weighted by Gasteiger charge is 2.23. The fraction of sp³-hybridized carbons (Fsp3) is 0.964. The Hall–Kier alpha value is -0.410. The highest BCUT2D eigenvalue weighted by atomic mass is 16.3. The van der Waals surface area contributed by atoms with Crippen LogP contribution in [0.5, 0.6) is 0 Å². The van der Waals surface area contributed by atoms with E-state index < -0.39 is 0 Å². The monoisotopic (exact) mass is 436 g/mol. The maximum absolute atomic E-state index is 9.74. The summed E-state index contributed by atoms with van der Waals surface area (Å²) in [6, 6.07) is 0. The topological polar surface area (TPSA) is 35.8 Å². The van der Waals surface area contributed by atoms with Crippen LogP contribution in [-0.2, 0) is 0 Å². The van der Waals surface area contributed by atoms with Crippen molar-refractivity contribution >= 4 is 6.21 Å². The van der Waals surface area contributed by atoms with E-state index in [1.54, 1.807) is 0 Å². The largest absolute Gasteiger partial charge is 0.379 e. The van der Waals surface area contributed by atoms with E-state index in [2.05, 4.69) is 16.8 Å². The minimum atomic E-state index is -0.373. The summed E-state index contributed by atoms with van der Waals surface area (Å²) in [5.74, 6) is 0. The first kappa shape index (κ1) is 28.6. The van der Waals surface area contributed by atoms with Gasteiger partial charge in [0.2, 0.25) is 0 Å². The van der Waals surface area contributed by atoms with Crippen molar-refractivity contribution in [1.82, 2.24) is 4.90 Å². The first-order valence-electron chi connectivity index (χ1n) is 14.2. The van der Waals surface area contributed by atoms with E-state index in [0.717, 1.165) is 13.0 Å². The second-order valence-corrected chi connectivity index (χ2v) is 10.0. The van der Waals surface area contributed by atoms with Gasteiger partial charge in [0.05, 0.1) is 0 Å². The number of rotatable bonds is 23. The molecule has 3 nitrogen and oxygen atoms in total. The highest BCUT2D eigenvalue weighted by molar-refractivity contribution is 5.62. The molecular weight excluding hydrogens is 380 g/mol. The molecule has 1 aliphatic rings. The molecule has 0 aliphatic carbocycles. The van der Waals surface area contributed by atoms with Gasteiger partial charge in [-0.1, -0.05) is 135 Å². The molecule has 1 aliphatic heterocycles. The Morgan fingerprint density at radius 2 is 1.03 bits per heavy atom. The van der Waals surface area contributed by atoms with E-state index in [1.165, 1.54) is 135 Å². The van der Waals surface area contributed by atoms with E-state index in [9.17, 15) is 5.11 Å². The van der Waals surface area contributed by atoms with Crippen molar-refractivity contribution in [3.8, 4) is 0 Å². The highest BCUT2D eigenvalue weighted by Crippen LogP contribution is 2.18. The molecule has 0 aromatic rings. The minimum Gasteiger partial charge on any atom is -0.379 e. The molecular formula is C28H56N2O. The van der Waals surface area contributed by atoms with Crippen LogP contribution in [0, 0.1) is 0 Å². The van der Waals surface area contributed by atoms with Gasteiger partial charge in [-0.2, -0.15) is 0 Å². The Morgan fingerprint density at radius 3 is 1.39 bits per heavy atom. The predicted octanol–water partition coefficient (Wildman–Crippen LogP) is 8.64. The summed E-state index contributed by atoms with van der Waals surface area (Å²) in [7, 11) is 0. The van der Waals surface area contributed by atoms with Crippen LogP contribution in [0.4, 0.5) is 0 Å². The summed E-state index contributed by atoms with van der Waals surface area (Å²) in [4.78, 5) is 6.58. The van der Waals surface area contributed by atoms with Crippen LogP contribution in [0.25, 0.3) is 0 Å². The number of unbranched alkanes of at least 4 members (excludes halogenated alkanes) is 20. The lowest BCUT2D eigenvalue weighted by Crippen LogP contribution is -2.37. The van der Waals surface area contributed by atoms with Crippen molar-refractivity contribution in [2.45, 2.75) is 167 Å². The van der Waals surface area contributed by atoms with Crippen LogP contribution < -0.4 is 0 Å². The summed E-state index contributed by atoms with van der Waals surface area (Å²) in [6.45, 7) is 4.95. The number of hydrogen-bond acceptors (Lipinski definition) is 3. The van der Waals surface area contributed by atoms with E-state index in [4.69, 9.17) is 0 Å². The summed E-state index contributed by atoms with van der Waals surface area (Å²) in [5.41, 5.74) is 0. The van der Waals surface area contributed by atoms with Crippen LogP contribution in [0.15, 0.2) is 4.99 Å². The molecule has 0 aromatic carbocycles. The van der Waals surface area contributed by atoms with Crippen molar-refractivity contribution in [1.29, 1.82) is 0 Å². The zero-order valence-electron chi connectivity index (χ0n) is 21.3. The third-order valence-corrected chi connectivity index (χ3v) is 7.00. The van der Waals surface area contributed by atoms with Crippen molar-refractivity contribution in [3.63, 3.8) is 0 Å². The van der Waals surface area contributed by atoms with Gasteiger partial charge < -0.3 is 5.11 Å². The Bertz CT molecular complexity index is 396. The van der Waals surface area contributed by atoms with Gasteiger partial charge in [0.25, 0.3) is 0 Å². The average Bonchev–Trinajstić information content (AvgIpc) is 3.24. The van der Waals surface area contributed by atoms with Crippen LogP contribution in [-0.4, -0.2) is 35.2 Å². The second-order valence-electron chi connectivity index (χ2n) is 10.0. The lowest BCUT2D eigenvalue weighted by Gasteiger charge is -2.25. The third-order valence-electron chi connectivity index (χ3n) is 7.00. The lowest BCUT2D eigenvalue weighted by atomic mass is 10.0. The molecule has 0 fully saturated rings. The first-order chi connectivity index (χ1) is 15.3. The van der Waals surface area contributed by atoms with E-state index >= 15 is 0 Å². The summed E-state index contributed by atoms with van der Waals surface area (Å²) < 4.78 is 0. The molecule has 31 heavy (non-hydrogen) atoms. The fourth-order valence-electron chi connectivity index (χ4n) is 4.87. The predicted molar refractivity (Wildman–Crippen MR) is 138 cm³/mol. The molecule has 2 atom stereocenters. The van der Waals surface area contributed by atoms with Gasteiger partial charge in [-0.15, -0.1) is 0 Å².